The highest BCUT2D eigenvalue weighted by Gasteiger charge is 2.35. The van der Waals surface area contributed by atoms with Crippen molar-refractivity contribution in [2.24, 2.45) is 0 Å². The van der Waals surface area contributed by atoms with Crippen molar-refractivity contribution in [2.75, 3.05) is 4.23 Å². The van der Waals surface area contributed by atoms with Crippen molar-refractivity contribution in [3.63, 3.8) is 0 Å². The number of nitrogens with zero attached hydrogens (tertiary/aromatic N) is 1. The van der Waals surface area contributed by atoms with Crippen LogP contribution in [0.15, 0.2) is 30.3 Å². The molecule has 0 amide bonds. The molecular weight excluding hydrogens is 310 g/mol. The van der Waals surface area contributed by atoms with E-state index in [-0.39, 0.29) is 0 Å². The summed E-state index contributed by atoms with van der Waals surface area (Å²) in [6.45, 7) is 21.7. The molecule has 2 rings (SSSR count). The Hall–Kier alpha value is -1.07. The van der Waals surface area contributed by atoms with Crippen LogP contribution in [0.4, 0.5) is 5.69 Å². The number of hydrogen-bond acceptors (Lipinski definition) is 1. The molecule has 0 saturated heterocycles. The van der Waals surface area contributed by atoms with Gasteiger partial charge >= 0.3 is 0 Å². The molecule has 0 aliphatic carbocycles. The molecule has 1 nitrogen and oxygen atoms in total. The fourth-order valence-corrected chi connectivity index (χ4v) is 13.9. The molecule has 2 aromatic carbocycles. The maximum absolute atomic E-state index is 2.84. The molecule has 0 fully saturated rings. The van der Waals surface area contributed by atoms with Gasteiger partial charge in [-0.2, -0.15) is 0 Å². The van der Waals surface area contributed by atoms with Gasteiger partial charge in [-0.3, -0.25) is 0 Å². The van der Waals surface area contributed by atoms with E-state index in [0.29, 0.717) is 5.92 Å². The Bertz CT molecular complexity index is 692. The number of aryl methyl sites for hydroxylation is 1. The van der Waals surface area contributed by atoms with Crippen LogP contribution in [0.3, 0.4) is 0 Å². The first-order valence-corrected chi connectivity index (χ1v) is 15.7. The third kappa shape index (κ3) is 3.56. The second-order valence-corrected chi connectivity index (χ2v) is 19.0. The summed E-state index contributed by atoms with van der Waals surface area (Å²) >= 11 is 0. The Morgan fingerprint density at radius 1 is 0.826 bits per heavy atom. The summed E-state index contributed by atoms with van der Waals surface area (Å²) in [5.74, 6) is 0.555. The highest BCUT2D eigenvalue weighted by Crippen LogP contribution is 2.38. The van der Waals surface area contributed by atoms with E-state index in [1.807, 2.05) is 0 Å². The van der Waals surface area contributed by atoms with Crippen molar-refractivity contribution in [1.82, 2.24) is 0 Å². The van der Waals surface area contributed by atoms with Crippen LogP contribution in [-0.2, 0) is 0 Å². The van der Waals surface area contributed by atoms with E-state index in [1.165, 1.54) is 27.6 Å². The summed E-state index contributed by atoms with van der Waals surface area (Å²) in [5, 5.41) is 2.92. The van der Waals surface area contributed by atoms with Crippen molar-refractivity contribution in [3.8, 4) is 0 Å². The molecule has 0 radical (unpaired) electrons. The number of anilines is 1. The molecule has 0 aliphatic heterocycles. The predicted octanol–water partition coefficient (Wildman–Crippen LogP) is 6.75. The van der Waals surface area contributed by atoms with E-state index < -0.39 is 16.5 Å². The minimum absolute atomic E-state index is 0.555. The number of benzene rings is 2. The van der Waals surface area contributed by atoms with Crippen molar-refractivity contribution >= 4 is 32.9 Å². The van der Waals surface area contributed by atoms with Crippen LogP contribution in [0.2, 0.25) is 39.3 Å². The minimum Gasteiger partial charge on any atom is -0.424 e. The number of rotatable bonds is 4. The fourth-order valence-electron chi connectivity index (χ4n) is 4.01. The Morgan fingerprint density at radius 3 is 1.87 bits per heavy atom. The average Bonchev–Trinajstić information content (AvgIpc) is 2.36. The van der Waals surface area contributed by atoms with Gasteiger partial charge in [0.2, 0.25) is 0 Å². The summed E-state index contributed by atoms with van der Waals surface area (Å²) in [6, 6.07) is 11.6. The van der Waals surface area contributed by atoms with E-state index >= 15 is 0 Å². The maximum Gasteiger partial charge on any atom is 0.138 e. The van der Waals surface area contributed by atoms with Gasteiger partial charge in [0.05, 0.1) is 0 Å². The largest absolute Gasteiger partial charge is 0.424 e. The first-order chi connectivity index (χ1) is 10.4. The Labute approximate surface area is 144 Å². The lowest BCUT2D eigenvalue weighted by Crippen LogP contribution is -2.59. The van der Waals surface area contributed by atoms with Gasteiger partial charge in [0.1, 0.15) is 16.5 Å². The van der Waals surface area contributed by atoms with Gasteiger partial charge in [-0.1, -0.05) is 77.4 Å². The van der Waals surface area contributed by atoms with Crippen LogP contribution >= 0.6 is 0 Å². The van der Waals surface area contributed by atoms with Crippen LogP contribution in [-0.4, -0.2) is 16.5 Å². The Morgan fingerprint density at radius 2 is 1.39 bits per heavy atom. The van der Waals surface area contributed by atoms with Crippen LogP contribution in [0.5, 0.6) is 0 Å². The second-order valence-electron chi connectivity index (χ2n) is 9.00. The summed E-state index contributed by atoms with van der Waals surface area (Å²) in [4.78, 5) is 0. The minimum atomic E-state index is -1.45. The Balaban J connectivity index is 2.86. The summed E-state index contributed by atoms with van der Waals surface area (Å²) < 4.78 is 2.84. The van der Waals surface area contributed by atoms with Crippen molar-refractivity contribution in [1.29, 1.82) is 0 Å². The molecule has 0 aromatic heterocycles. The van der Waals surface area contributed by atoms with Gasteiger partial charge in [-0.25, -0.2) is 0 Å². The maximum atomic E-state index is 2.84. The monoisotopic (exact) mass is 343 g/mol. The van der Waals surface area contributed by atoms with Crippen LogP contribution in [0.25, 0.3) is 10.8 Å². The third-order valence-electron chi connectivity index (χ3n) is 4.46. The average molecular weight is 344 g/mol. The summed E-state index contributed by atoms with van der Waals surface area (Å²) in [6.07, 6.45) is 0. The quantitative estimate of drug-likeness (QED) is 0.555. The van der Waals surface area contributed by atoms with Crippen LogP contribution in [0, 0.1) is 6.92 Å². The first kappa shape index (κ1) is 18.3. The zero-order valence-electron chi connectivity index (χ0n) is 16.4. The molecule has 3 heteroatoms. The van der Waals surface area contributed by atoms with Crippen molar-refractivity contribution in [2.45, 2.75) is 66.0 Å². The van der Waals surface area contributed by atoms with Gasteiger partial charge < -0.3 is 4.23 Å². The molecule has 0 unspecified atom stereocenters. The van der Waals surface area contributed by atoms with Gasteiger partial charge in [-0.15, -0.1) is 0 Å². The standard InChI is InChI=1S/C20H33NSi2/c1-15(2)17-13-14-19(18-12-10-11-16(3)20(17)18)21(22(4,5)6)23(7,8)9/h10-15H,1-9H3. The van der Waals surface area contributed by atoms with Gasteiger partial charge in [-0.05, 0) is 35.4 Å². The van der Waals surface area contributed by atoms with E-state index in [9.17, 15) is 0 Å². The van der Waals surface area contributed by atoms with Crippen LogP contribution < -0.4 is 4.23 Å². The zero-order valence-corrected chi connectivity index (χ0v) is 18.4. The SMILES string of the molecule is Cc1cccc2c(N([Si](C)(C)C)[Si](C)(C)C)ccc(C(C)C)c12. The van der Waals surface area contributed by atoms with Gasteiger partial charge in [0.25, 0.3) is 0 Å². The van der Waals surface area contributed by atoms with Crippen LogP contribution in [0.1, 0.15) is 30.9 Å². The third-order valence-corrected chi connectivity index (χ3v) is 11.7. The second kappa shape index (κ2) is 6.10. The first-order valence-electron chi connectivity index (χ1n) is 8.77. The predicted molar refractivity (Wildman–Crippen MR) is 112 cm³/mol. The highest BCUT2D eigenvalue weighted by atomic mass is 28.4. The topological polar surface area (TPSA) is 3.24 Å². The zero-order chi connectivity index (χ0) is 17.6. The lowest BCUT2D eigenvalue weighted by atomic mass is 9.92. The van der Waals surface area contributed by atoms with E-state index in [4.69, 9.17) is 0 Å². The number of fused-ring (bicyclic) bond motifs is 1. The van der Waals surface area contributed by atoms with Crippen molar-refractivity contribution < 1.29 is 0 Å². The smallest absolute Gasteiger partial charge is 0.138 e. The molecule has 0 N–H and O–H groups in total. The van der Waals surface area contributed by atoms with Gasteiger partial charge in [0, 0.05) is 11.1 Å². The molecule has 0 heterocycles. The molecule has 0 atom stereocenters. The fraction of sp³-hybridized carbons (Fsp3) is 0.500. The lowest BCUT2D eigenvalue weighted by Gasteiger charge is -2.46. The summed E-state index contributed by atoms with van der Waals surface area (Å²) in [5.41, 5.74) is 4.35. The molecule has 23 heavy (non-hydrogen) atoms. The lowest BCUT2D eigenvalue weighted by molar-refractivity contribution is 0.875. The molecule has 2 aromatic rings. The highest BCUT2D eigenvalue weighted by molar-refractivity contribution is 6.99. The molecule has 0 bridgehead atoms. The molecular formula is C20H33NSi2. The van der Waals surface area contributed by atoms with Gasteiger partial charge in [0.15, 0.2) is 0 Å². The van der Waals surface area contributed by atoms with E-state index in [0.717, 1.165) is 0 Å². The van der Waals surface area contributed by atoms with E-state index in [2.05, 4.69) is 94.6 Å². The van der Waals surface area contributed by atoms with Crippen molar-refractivity contribution in [3.05, 3.63) is 41.5 Å². The molecule has 0 saturated carbocycles. The number of hydrogen-bond donors (Lipinski definition) is 0. The summed E-state index contributed by atoms with van der Waals surface area (Å²) in [7, 11) is -2.89. The Kier molecular flexibility index (Phi) is 4.85. The molecule has 0 spiro atoms. The van der Waals surface area contributed by atoms with E-state index in [1.54, 1.807) is 0 Å². The molecule has 126 valence electrons. The normalized spacial score (nSPS) is 13.0. The molecule has 0 aliphatic rings.